The number of carbonyl (C=O) groups excluding carboxylic acids is 2. The van der Waals surface area contributed by atoms with Gasteiger partial charge in [0, 0.05) is 52.5 Å². The largest absolute Gasteiger partial charge is 0.348 e. The maximum atomic E-state index is 12.7. The molecule has 0 bridgehead atoms. The first-order chi connectivity index (χ1) is 11.8. The van der Waals surface area contributed by atoms with Gasteiger partial charge >= 0.3 is 0 Å². The van der Waals surface area contributed by atoms with E-state index in [2.05, 4.69) is 12.2 Å². The summed E-state index contributed by atoms with van der Waals surface area (Å²) in [4.78, 5) is 26.8. The fraction of sp³-hybridized carbons (Fsp3) is 0.600. The number of aryl methyl sites for hydroxylation is 2. The van der Waals surface area contributed by atoms with Crippen LogP contribution in [0.5, 0.6) is 0 Å². The molecule has 1 aliphatic heterocycles. The summed E-state index contributed by atoms with van der Waals surface area (Å²) in [6.45, 7) is 9.17. The van der Waals surface area contributed by atoms with E-state index in [0.29, 0.717) is 11.0 Å². The van der Waals surface area contributed by atoms with E-state index in [-0.39, 0.29) is 50.4 Å². The molecule has 0 saturated carbocycles. The number of nitrogens with zero attached hydrogens (tertiary/aromatic N) is 2. The Morgan fingerprint density at radius 2 is 1.85 bits per heavy atom. The molecule has 1 heterocycles. The third-order valence-corrected chi connectivity index (χ3v) is 5.48. The number of anilines is 1. The third-order valence-electron chi connectivity index (χ3n) is 5.48. The van der Waals surface area contributed by atoms with Crippen molar-refractivity contribution in [1.29, 1.82) is 0 Å². The first kappa shape index (κ1) is 23.3. The van der Waals surface area contributed by atoms with E-state index in [1.165, 1.54) is 0 Å². The van der Waals surface area contributed by atoms with E-state index in [0.717, 1.165) is 49.3 Å². The van der Waals surface area contributed by atoms with Gasteiger partial charge in [0.15, 0.2) is 6.54 Å². The van der Waals surface area contributed by atoms with E-state index >= 15 is 0 Å². The number of rotatable bonds is 5. The average Bonchev–Trinajstić information content (AvgIpc) is 2.57. The molecule has 5 nitrogen and oxygen atoms in total. The monoisotopic (exact) mass is 435 g/mol. The van der Waals surface area contributed by atoms with Crippen LogP contribution in [0.3, 0.4) is 0 Å². The maximum absolute atomic E-state index is 12.7. The van der Waals surface area contributed by atoms with Crippen LogP contribution in [0.4, 0.5) is 5.69 Å². The molecule has 26 heavy (non-hydrogen) atoms. The Balaban J connectivity index is 0.00000338. The molecule has 1 fully saturated rings. The van der Waals surface area contributed by atoms with Gasteiger partial charge in [0.05, 0.1) is 25.6 Å². The van der Waals surface area contributed by atoms with E-state index in [1.807, 2.05) is 46.1 Å². The zero-order valence-electron chi connectivity index (χ0n) is 16.8. The molecule has 2 unspecified atom stereocenters. The summed E-state index contributed by atoms with van der Waals surface area (Å²) in [7, 11) is 3.62. The molecule has 6 heteroatoms. The number of likely N-dealkylation sites (N-methyl/N-ethyl adjacent to an activating group) is 1. The van der Waals surface area contributed by atoms with Crippen molar-refractivity contribution >= 4 is 17.5 Å². The van der Waals surface area contributed by atoms with Gasteiger partial charge in [-0.05, 0) is 44.7 Å². The van der Waals surface area contributed by atoms with Gasteiger partial charge in [-0.1, -0.05) is 18.2 Å². The summed E-state index contributed by atoms with van der Waals surface area (Å²) in [6, 6.07) is 6.03. The number of quaternary nitrogens is 1. The van der Waals surface area contributed by atoms with Gasteiger partial charge in [-0.25, -0.2) is 0 Å². The molecule has 2 amide bonds. The number of benzene rings is 1. The van der Waals surface area contributed by atoms with Crippen LogP contribution < -0.4 is 5.32 Å². The van der Waals surface area contributed by atoms with Gasteiger partial charge in [-0.15, -0.1) is 0 Å². The Labute approximate surface area is 183 Å². The van der Waals surface area contributed by atoms with Gasteiger partial charge in [-0.3, -0.25) is 9.59 Å². The predicted molar refractivity (Wildman–Crippen MR) is 101 cm³/mol. The number of piperidine rings is 1. The van der Waals surface area contributed by atoms with E-state index in [9.17, 15) is 9.59 Å². The Hall–Kier alpha value is -0.776. The Kier molecular flexibility index (Phi) is 8.91. The van der Waals surface area contributed by atoms with Crippen LogP contribution in [0.15, 0.2) is 18.2 Å². The molecule has 1 aliphatic rings. The van der Waals surface area contributed by atoms with Crippen molar-refractivity contribution < 1.29 is 46.8 Å². The van der Waals surface area contributed by atoms with Gasteiger partial charge in [0.25, 0.3) is 5.91 Å². The van der Waals surface area contributed by atoms with E-state index < -0.39 is 0 Å². The Morgan fingerprint density at radius 3 is 2.38 bits per heavy atom. The molecule has 0 spiro atoms. The van der Waals surface area contributed by atoms with Crippen LogP contribution in [0, 0.1) is 19.8 Å². The first-order valence-electron chi connectivity index (χ1n) is 9.20. The molecule has 1 aromatic rings. The molecule has 0 aliphatic carbocycles. The molecule has 1 saturated heterocycles. The zero-order chi connectivity index (χ0) is 18.6. The minimum Gasteiger partial charge on any atom is -0.348 e. The molecule has 1 aromatic carbocycles. The maximum Gasteiger partial charge on any atom is 0.279 e. The van der Waals surface area contributed by atoms with Crippen molar-refractivity contribution in [3.05, 3.63) is 29.3 Å². The molecule has 0 aromatic heterocycles. The number of hydrogen-bond donors (Lipinski definition) is 1. The quantitative estimate of drug-likeness (QED) is 0.723. The van der Waals surface area contributed by atoms with Crippen molar-refractivity contribution in [2.75, 3.05) is 45.6 Å². The molecule has 1 N–H and O–H groups in total. The summed E-state index contributed by atoms with van der Waals surface area (Å²) in [5, 5.41) is 3.10. The summed E-state index contributed by atoms with van der Waals surface area (Å²) < 4.78 is 0.695. The van der Waals surface area contributed by atoms with Crippen molar-refractivity contribution in [1.82, 2.24) is 4.90 Å². The predicted octanol–water partition coefficient (Wildman–Crippen LogP) is 2.57. The zero-order valence-corrected chi connectivity index (χ0v) is 19.7. The summed E-state index contributed by atoms with van der Waals surface area (Å²) in [6.07, 6.45) is 1.92. The van der Waals surface area contributed by atoms with Crippen molar-refractivity contribution in [3.63, 3.8) is 0 Å². The molecule has 2 atom stereocenters. The van der Waals surface area contributed by atoms with Gasteiger partial charge in [-0.2, -0.15) is 0 Å². The van der Waals surface area contributed by atoms with Gasteiger partial charge in [0.1, 0.15) is 0 Å². The topological polar surface area (TPSA) is 49.4 Å². The third kappa shape index (κ3) is 5.61. The summed E-state index contributed by atoms with van der Waals surface area (Å²) >= 11 is 0. The SMILES string of the molecule is CC[N+]1(CC(=O)Nc2c(C)cccc2C)CCCC(C(=O)N(C)C)C1.[Y]. The standard InChI is InChI=1S/C20H31N3O2.Y/c1-6-23(12-8-11-17(13-23)20(25)22(4)5)14-18(24)21-19-15(2)9-7-10-16(19)3;/h7,9-10,17H,6,8,11-14H2,1-5H3;/p+1. The number of nitrogens with one attached hydrogen (secondary N) is 1. The summed E-state index contributed by atoms with van der Waals surface area (Å²) in [5.41, 5.74) is 3.08. The molecule has 2 rings (SSSR count). The number of likely N-dealkylation sites (tertiary alicyclic amines) is 1. The Bertz CT molecular complexity index is 628. The minimum absolute atomic E-state index is 0. The van der Waals surface area contributed by atoms with Crippen molar-refractivity contribution in [2.24, 2.45) is 5.92 Å². The van der Waals surface area contributed by atoms with Crippen molar-refractivity contribution in [3.8, 4) is 0 Å². The second kappa shape index (κ2) is 9.96. The fourth-order valence-corrected chi connectivity index (χ4v) is 3.93. The smallest absolute Gasteiger partial charge is 0.279 e. The normalized spacial score (nSPS) is 22.3. The van der Waals surface area contributed by atoms with Crippen LogP contribution in [0.25, 0.3) is 0 Å². The van der Waals surface area contributed by atoms with E-state index in [4.69, 9.17) is 0 Å². The minimum atomic E-state index is 0. The van der Waals surface area contributed by atoms with Crippen LogP contribution in [0.2, 0.25) is 0 Å². The van der Waals surface area contributed by atoms with Gasteiger partial charge in [0.2, 0.25) is 5.91 Å². The fourth-order valence-electron chi connectivity index (χ4n) is 3.93. The second-order valence-electron chi connectivity index (χ2n) is 7.61. The molecular weight excluding hydrogens is 403 g/mol. The van der Waals surface area contributed by atoms with Crippen LogP contribution in [0.1, 0.15) is 30.9 Å². The Morgan fingerprint density at radius 1 is 1.23 bits per heavy atom. The number of carbonyl (C=O) groups is 2. The number of para-hydroxylation sites is 1. The van der Waals surface area contributed by atoms with Crippen LogP contribution in [-0.4, -0.2) is 61.5 Å². The van der Waals surface area contributed by atoms with Gasteiger partial charge < -0.3 is 14.7 Å². The van der Waals surface area contributed by atoms with Crippen LogP contribution in [-0.2, 0) is 42.3 Å². The number of amides is 2. The second-order valence-corrected chi connectivity index (χ2v) is 7.61. The molecular formula is C20H32N3O2Y+. The first-order valence-corrected chi connectivity index (χ1v) is 9.20. The molecule has 1 radical (unpaired) electrons. The number of hydrogen-bond acceptors (Lipinski definition) is 2. The van der Waals surface area contributed by atoms with Crippen LogP contribution >= 0.6 is 0 Å². The summed E-state index contributed by atoms with van der Waals surface area (Å²) in [5.74, 6) is 0.250. The van der Waals surface area contributed by atoms with E-state index in [1.54, 1.807) is 4.90 Å². The van der Waals surface area contributed by atoms with Crippen molar-refractivity contribution in [2.45, 2.75) is 33.6 Å². The molecule has 141 valence electrons. The average molecular weight is 435 g/mol.